The van der Waals surface area contributed by atoms with E-state index in [0.29, 0.717) is 11.5 Å². The second kappa shape index (κ2) is 3.73. The second-order valence-electron chi connectivity index (χ2n) is 7.52. The molecule has 16 heavy (non-hydrogen) atoms. The topological polar surface area (TPSA) is 26.0 Å². The fourth-order valence-corrected chi connectivity index (χ4v) is 5.39. The van der Waals surface area contributed by atoms with Crippen molar-refractivity contribution in [3.63, 3.8) is 0 Å². The SMILES string of the molecule is CC(C)CC(N)C12CC3CC(CC(C3)C1)C2. The zero-order chi connectivity index (χ0) is 11.3. The molecule has 4 bridgehead atoms. The molecule has 0 aromatic carbocycles. The molecular weight excluding hydrogens is 194 g/mol. The van der Waals surface area contributed by atoms with Gasteiger partial charge in [0.1, 0.15) is 0 Å². The Morgan fingerprint density at radius 1 is 1.00 bits per heavy atom. The van der Waals surface area contributed by atoms with Crippen LogP contribution >= 0.6 is 0 Å². The molecule has 1 atom stereocenters. The number of rotatable bonds is 3. The van der Waals surface area contributed by atoms with Crippen molar-refractivity contribution < 1.29 is 0 Å². The lowest BCUT2D eigenvalue weighted by molar-refractivity contribution is -0.0698. The molecule has 2 N–H and O–H groups in total. The molecule has 92 valence electrons. The number of hydrogen-bond donors (Lipinski definition) is 1. The van der Waals surface area contributed by atoms with Gasteiger partial charge in [-0.1, -0.05) is 13.8 Å². The first kappa shape index (κ1) is 11.1. The molecule has 1 heteroatoms. The van der Waals surface area contributed by atoms with E-state index in [2.05, 4.69) is 13.8 Å². The van der Waals surface area contributed by atoms with E-state index in [0.717, 1.165) is 23.7 Å². The van der Waals surface area contributed by atoms with Crippen LogP contribution in [0, 0.1) is 29.1 Å². The van der Waals surface area contributed by atoms with Crippen LogP contribution in [0.25, 0.3) is 0 Å². The first-order chi connectivity index (χ1) is 7.57. The molecule has 0 heterocycles. The summed E-state index contributed by atoms with van der Waals surface area (Å²) in [6.07, 6.45) is 10.2. The fourth-order valence-electron chi connectivity index (χ4n) is 5.39. The number of hydrogen-bond acceptors (Lipinski definition) is 1. The molecule has 1 nitrogen and oxygen atoms in total. The zero-order valence-corrected chi connectivity index (χ0v) is 10.9. The van der Waals surface area contributed by atoms with Crippen LogP contribution in [0.2, 0.25) is 0 Å². The fraction of sp³-hybridized carbons (Fsp3) is 1.00. The predicted molar refractivity (Wildman–Crippen MR) is 68.0 cm³/mol. The molecule has 4 aliphatic carbocycles. The molecule has 4 fully saturated rings. The van der Waals surface area contributed by atoms with E-state index in [1.54, 1.807) is 0 Å². The van der Waals surface area contributed by atoms with Gasteiger partial charge in [0.25, 0.3) is 0 Å². The van der Waals surface area contributed by atoms with Gasteiger partial charge >= 0.3 is 0 Å². The van der Waals surface area contributed by atoms with Crippen LogP contribution in [0.1, 0.15) is 58.8 Å². The van der Waals surface area contributed by atoms with Gasteiger partial charge in [0.05, 0.1) is 0 Å². The lowest BCUT2D eigenvalue weighted by Gasteiger charge is -2.59. The van der Waals surface area contributed by atoms with Crippen LogP contribution in [0.4, 0.5) is 0 Å². The van der Waals surface area contributed by atoms with Gasteiger partial charge < -0.3 is 5.73 Å². The summed E-state index contributed by atoms with van der Waals surface area (Å²) in [5.74, 6) is 3.90. The smallest absolute Gasteiger partial charge is 0.00983 e. The highest BCUT2D eigenvalue weighted by Crippen LogP contribution is 2.61. The molecule has 0 aliphatic heterocycles. The average molecular weight is 221 g/mol. The Balaban J connectivity index is 1.77. The zero-order valence-electron chi connectivity index (χ0n) is 10.9. The maximum absolute atomic E-state index is 6.57. The van der Waals surface area contributed by atoms with Crippen molar-refractivity contribution in [1.82, 2.24) is 0 Å². The van der Waals surface area contributed by atoms with Crippen molar-refractivity contribution in [1.29, 1.82) is 0 Å². The Morgan fingerprint density at radius 3 is 1.81 bits per heavy atom. The molecule has 4 rings (SSSR count). The van der Waals surface area contributed by atoms with Gasteiger partial charge in [-0.25, -0.2) is 0 Å². The van der Waals surface area contributed by atoms with Crippen LogP contribution in [0.3, 0.4) is 0 Å². The van der Waals surface area contributed by atoms with Gasteiger partial charge in [-0.2, -0.15) is 0 Å². The third kappa shape index (κ3) is 1.72. The van der Waals surface area contributed by atoms with Crippen molar-refractivity contribution in [2.45, 2.75) is 64.8 Å². The summed E-state index contributed by atoms with van der Waals surface area (Å²) in [5.41, 5.74) is 7.14. The van der Waals surface area contributed by atoms with E-state index in [1.807, 2.05) is 0 Å². The molecule has 0 aromatic rings. The minimum atomic E-state index is 0.487. The largest absolute Gasteiger partial charge is 0.327 e. The standard InChI is InChI=1S/C15H27N/c1-10(2)3-14(16)15-7-11-4-12(8-15)6-13(5-11)9-15/h10-14H,3-9,16H2,1-2H3. The summed E-state index contributed by atoms with van der Waals surface area (Å²) in [7, 11) is 0. The van der Waals surface area contributed by atoms with Crippen molar-refractivity contribution in [3.05, 3.63) is 0 Å². The maximum atomic E-state index is 6.57. The molecule has 0 aromatic heterocycles. The van der Waals surface area contributed by atoms with Gasteiger partial charge in [0.15, 0.2) is 0 Å². The minimum Gasteiger partial charge on any atom is -0.327 e. The second-order valence-corrected chi connectivity index (χ2v) is 7.52. The normalized spacial score (nSPS) is 47.6. The van der Waals surface area contributed by atoms with Crippen LogP contribution < -0.4 is 5.73 Å². The summed E-state index contributed by atoms with van der Waals surface area (Å²) in [6, 6.07) is 0.487. The molecule has 0 radical (unpaired) electrons. The Bertz CT molecular complexity index is 233. The van der Waals surface area contributed by atoms with Crippen molar-refractivity contribution in [3.8, 4) is 0 Å². The van der Waals surface area contributed by atoms with E-state index in [1.165, 1.54) is 44.9 Å². The van der Waals surface area contributed by atoms with Crippen molar-refractivity contribution in [2.75, 3.05) is 0 Å². The Hall–Kier alpha value is -0.0400. The van der Waals surface area contributed by atoms with Gasteiger partial charge in [-0.3, -0.25) is 0 Å². The third-order valence-corrected chi connectivity index (χ3v) is 5.60. The Kier molecular flexibility index (Phi) is 2.58. The summed E-state index contributed by atoms with van der Waals surface area (Å²) >= 11 is 0. The monoisotopic (exact) mass is 221 g/mol. The molecule has 4 aliphatic rings. The molecule has 0 spiro atoms. The lowest BCUT2D eigenvalue weighted by atomic mass is 9.47. The maximum Gasteiger partial charge on any atom is 0.00983 e. The summed E-state index contributed by atoms with van der Waals surface area (Å²) < 4.78 is 0. The highest BCUT2D eigenvalue weighted by Gasteiger charge is 2.53. The van der Waals surface area contributed by atoms with E-state index in [4.69, 9.17) is 5.73 Å². The molecule has 0 amide bonds. The van der Waals surface area contributed by atoms with E-state index < -0.39 is 0 Å². The van der Waals surface area contributed by atoms with Crippen LogP contribution in [-0.4, -0.2) is 6.04 Å². The van der Waals surface area contributed by atoms with Gasteiger partial charge in [0, 0.05) is 6.04 Å². The summed E-state index contributed by atoms with van der Waals surface area (Å²) in [5, 5.41) is 0. The van der Waals surface area contributed by atoms with Gasteiger partial charge in [-0.15, -0.1) is 0 Å². The molecule has 4 saturated carbocycles. The van der Waals surface area contributed by atoms with Crippen molar-refractivity contribution >= 4 is 0 Å². The first-order valence-corrected chi connectivity index (χ1v) is 7.33. The van der Waals surface area contributed by atoms with Crippen LogP contribution in [0.15, 0.2) is 0 Å². The summed E-state index contributed by atoms with van der Waals surface area (Å²) in [4.78, 5) is 0. The number of nitrogens with two attached hydrogens (primary N) is 1. The molecule has 1 unspecified atom stereocenters. The van der Waals surface area contributed by atoms with Gasteiger partial charge in [0.2, 0.25) is 0 Å². The van der Waals surface area contributed by atoms with E-state index in [9.17, 15) is 0 Å². The summed E-state index contributed by atoms with van der Waals surface area (Å²) in [6.45, 7) is 4.64. The Morgan fingerprint density at radius 2 is 1.44 bits per heavy atom. The Labute approximate surface area is 100 Å². The highest BCUT2D eigenvalue weighted by molar-refractivity contribution is 5.05. The van der Waals surface area contributed by atoms with Crippen LogP contribution in [-0.2, 0) is 0 Å². The van der Waals surface area contributed by atoms with Crippen molar-refractivity contribution in [2.24, 2.45) is 34.8 Å². The van der Waals surface area contributed by atoms with E-state index in [-0.39, 0.29) is 0 Å². The highest BCUT2D eigenvalue weighted by atomic mass is 14.7. The minimum absolute atomic E-state index is 0.487. The van der Waals surface area contributed by atoms with Gasteiger partial charge in [-0.05, 0) is 74.0 Å². The first-order valence-electron chi connectivity index (χ1n) is 7.33. The molecular formula is C15H27N. The molecule has 0 saturated heterocycles. The quantitative estimate of drug-likeness (QED) is 0.774. The van der Waals surface area contributed by atoms with E-state index >= 15 is 0 Å². The predicted octanol–water partition coefficient (Wildman–Crippen LogP) is 3.58. The average Bonchev–Trinajstić information content (AvgIpc) is 2.13. The lowest BCUT2D eigenvalue weighted by Crippen LogP contribution is -2.54. The third-order valence-electron chi connectivity index (χ3n) is 5.60. The van der Waals surface area contributed by atoms with Crippen LogP contribution in [0.5, 0.6) is 0 Å².